The fraction of sp³-hybridized carbons (Fsp3) is 0.455. The summed E-state index contributed by atoms with van der Waals surface area (Å²) >= 11 is 0. The molecule has 0 aromatic carbocycles. The molecule has 1 heterocycles. The van der Waals surface area contributed by atoms with Gasteiger partial charge in [0, 0.05) is 6.54 Å². The minimum Gasteiger partial charge on any atom is -0.446 e. The van der Waals surface area contributed by atoms with Crippen LogP contribution in [0.5, 0.6) is 0 Å². The second-order valence-corrected chi connectivity index (χ2v) is 5.48. The van der Waals surface area contributed by atoms with Gasteiger partial charge in [0.1, 0.15) is 12.4 Å². The summed E-state index contributed by atoms with van der Waals surface area (Å²) in [7, 11) is -3.68. The van der Waals surface area contributed by atoms with Crippen molar-refractivity contribution in [3.05, 3.63) is 30.0 Å². The van der Waals surface area contributed by atoms with Crippen molar-refractivity contribution in [2.45, 2.75) is 18.6 Å². The molecule has 7 heteroatoms. The van der Waals surface area contributed by atoms with Gasteiger partial charge < -0.3 is 14.3 Å². The molecule has 0 aliphatic rings. The lowest BCUT2D eigenvalue weighted by atomic mass is 10.4. The van der Waals surface area contributed by atoms with Crippen molar-refractivity contribution in [1.29, 1.82) is 0 Å². The average Bonchev–Trinajstić information content (AvgIpc) is 2.77. The molecular formula is C11H17NO5S. The standard InChI is InChI=1S/C11H17NO5S/c1-9(2)8-16-6-5-12-18(14,15)11-4-3-10(7-13)17-11/h3-4,12-13H,1,5-8H2,2H3. The minimum atomic E-state index is -3.68. The normalized spacial score (nSPS) is 11.7. The Labute approximate surface area is 106 Å². The van der Waals surface area contributed by atoms with Crippen molar-refractivity contribution in [2.75, 3.05) is 19.8 Å². The smallest absolute Gasteiger partial charge is 0.274 e. The van der Waals surface area contributed by atoms with Crippen LogP contribution in [0, 0.1) is 0 Å². The lowest BCUT2D eigenvalue weighted by molar-refractivity contribution is 0.162. The van der Waals surface area contributed by atoms with Gasteiger partial charge in [-0.3, -0.25) is 0 Å². The lowest BCUT2D eigenvalue weighted by Gasteiger charge is -2.05. The number of aliphatic hydroxyl groups is 1. The van der Waals surface area contributed by atoms with Crippen LogP contribution in [0.15, 0.2) is 33.8 Å². The van der Waals surface area contributed by atoms with E-state index < -0.39 is 10.0 Å². The third-order valence-electron chi connectivity index (χ3n) is 1.94. The summed E-state index contributed by atoms with van der Waals surface area (Å²) < 4.78 is 35.8. The second-order valence-electron chi connectivity index (χ2n) is 3.79. The van der Waals surface area contributed by atoms with E-state index in [1.165, 1.54) is 12.1 Å². The molecule has 0 bridgehead atoms. The molecule has 18 heavy (non-hydrogen) atoms. The van der Waals surface area contributed by atoms with Crippen molar-refractivity contribution < 1.29 is 22.7 Å². The number of aliphatic hydroxyl groups excluding tert-OH is 1. The molecule has 1 aromatic rings. The van der Waals surface area contributed by atoms with E-state index in [-0.39, 0.29) is 30.6 Å². The van der Waals surface area contributed by atoms with Crippen molar-refractivity contribution >= 4 is 10.0 Å². The van der Waals surface area contributed by atoms with Crippen molar-refractivity contribution in [3.63, 3.8) is 0 Å². The zero-order chi connectivity index (χ0) is 13.6. The number of furan rings is 1. The number of hydrogen-bond acceptors (Lipinski definition) is 5. The first kappa shape index (κ1) is 14.9. The van der Waals surface area contributed by atoms with Crippen LogP contribution >= 0.6 is 0 Å². The maximum Gasteiger partial charge on any atom is 0.274 e. The van der Waals surface area contributed by atoms with Gasteiger partial charge in [0.25, 0.3) is 10.0 Å². The fourth-order valence-corrected chi connectivity index (χ4v) is 2.11. The van der Waals surface area contributed by atoms with Gasteiger partial charge in [-0.15, -0.1) is 0 Å². The van der Waals surface area contributed by atoms with Crippen LogP contribution in [0.4, 0.5) is 0 Å². The van der Waals surface area contributed by atoms with Crippen LogP contribution in [0.25, 0.3) is 0 Å². The van der Waals surface area contributed by atoms with Crippen LogP contribution in [0.2, 0.25) is 0 Å². The first-order valence-corrected chi connectivity index (χ1v) is 6.85. The molecule has 2 N–H and O–H groups in total. The zero-order valence-electron chi connectivity index (χ0n) is 10.2. The highest BCUT2D eigenvalue weighted by Crippen LogP contribution is 2.13. The van der Waals surface area contributed by atoms with E-state index >= 15 is 0 Å². The van der Waals surface area contributed by atoms with Gasteiger partial charge in [0.15, 0.2) is 0 Å². The summed E-state index contributed by atoms with van der Waals surface area (Å²) in [5, 5.41) is 8.56. The molecule has 0 atom stereocenters. The predicted octanol–water partition coefficient (Wildman–Crippen LogP) is 0.643. The van der Waals surface area contributed by atoms with Crippen LogP contribution in [0.3, 0.4) is 0 Å². The molecule has 1 aromatic heterocycles. The molecular weight excluding hydrogens is 258 g/mol. The maximum absolute atomic E-state index is 11.7. The lowest BCUT2D eigenvalue weighted by Crippen LogP contribution is -2.27. The van der Waals surface area contributed by atoms with E-state index in [2.05, 4.69) is 11.3 Å². The highest BCUT2D eigenvalue weighted by atomic mass is 32.2. The first-order valence-electron chi connectivity index (χ1n) is 5.37. The Hall–Kier alpha value is -1.15. The molecule has 0 unspecified atom stereocenters. The van der Waals surface area contributed by atoms with Crippen molar-refractivity contribution in [1.82, 2.24) is 4.72 Å². The molecule has 6 nitrogen and oxygen atoms in total. The van der Waals surface area contributed by atoms with Gasteiger partial charge in [0.2, 0.25) is 5.09 Å². The Kier molecular flexibility index (Phi) is 5.54. The Bertz CT molecular complexity index is 491. The summed E-state index contributed by atoms with van der Waals surface area (Å²) in [5.74, 6) is 0.203. The van der Waals surface area contributed by atoms with Crippen molar-refractivity contribution in [3.8, 4) is 0 Å². The Morgan fingerprint density at radius 3 is 2.83 bits per heavy atom. The molecule has 0 aliphatic carbocycles. The second kappa shape index (κ2) is 6.69. The molecule has 102 valence electrons. The SMILES string of the molecule is C=C(C)COCCNS(=O)(=O)c1ccc(CO)o1. The minimum absolute atomic E-state index is 0.144. The van der Waals surface area contributed by atoms with Gasteiger partial charge >= 0.3 is 0 Å². The molecule has 0 saturated heterocycles. The Morgan fingerprint density at radius 2 is 2.28 bits per heavy atom. The Morgan fingerprint density at radius 1 is 1.56 bits per heavy atom. The van der Waals surface area contributed by atoms with E-state index in [1.807, 2.05) is 6.92 Å². The molecule has 0 amide bonds. The monoisotopic (exact) mass is 275 g/mol. The summed E-state index contributed by atoms with van der Waals surface area (Å²) in [6.07, 6.45) is 0. The van der Waals surface area contributed by atoms with Gasteiger partial charge in [-0.05, 0) is 19.1 Å². The van der Waals surface area contributed by atoms with Gasteiger partial charge in [0.05, 0.1) is 13.2 Å². The number of ether oxygens (including phenoxy) is 1. The summed E-state index contributed by atoms with van der Waals surface area (Å²) in [5.41, 5.74) is 0.872. The highest BCUT2D eigenvalue weighted by molar-refractivity contribution is 7.89. The van der Waals surface area contributed by atoms with Crippen LogP contribution in [-0.4, -0.2) is 33.3 Å². The molecule has 0 aliphatic heterocycles. The highest BCUT2D eigenvalue weighted by Gasteiger charge is 2.17. The largest absolute Gasteiger partial charge is 0.446 e. The summed E-state index contributed by atoms with van der Waals surface area (Å²) in [6, 6.07) is 2.70. The molecule has 0 spiro atoms. The number of sulfonamides is 1. The van der Waals surface area contributed by atoms with E-state index in [9.17, 15) is 8.42 Å². The van der Waals surface area contributed by atoms with E-state index in [1.54, 1.807) is 0 Å². The molecule has 1 rings (SSSR count). The maximum atomic E-state index is 11.7. The predicted molar refractivity (Wildman–Crippen MR) is 65.5 cm³/mol. The van der Waals surface area contributed by atoms with Crippen molar-refractivity contribution in [2.24, 2.45) is 0 Å². The quantitative estimate of drug-likeness (QED) is 0.537. The first-order chi connectivity index (χ1) is 8.45. The molecule has 0 fully saturated rings. The number of hydrogen-bond donors (Lipinski definition) is 2. The fourth-order valence-electron chi connectivity index (χ4n) is 1.15. The third-order valence-corrected chi connectivity index (χ3v) is 3.28. The molecule has 0 radical (unpaired) electrons. The van der Waals surface area contributed by atoms with E-state index in [4.69, 9.17) is 14.3 Å². The number of nitrogens with one attached hydrogen (secondary N) is 1. The van der Waals surface area contributed by atoms with Gasteiger partial charge in [-0.1, -0.05) is 12.2 Å². The van der Waals surface area contributed by atoms with E-state index in [0.717, 1.165) is 5.57 Å². The summed E-state index contributed by atoms with van der Waals surface area (Å²) in [6.45, 7) is 5.94. The average molecular weight is 275 g/mol. The topological polar surface area (TPSA) is 88.8 Å². The third kappa shape index (κ3) is 4.61. The van der Waals surface area contributed by atoms with Gasteiger partial charge in [-0.2, -0.15) is 0 Å². The molecule has 0 saturated carbocycles. The van der Waals surface area contributed by atoms with Crippen LogP contribution < -0.4 is 4.72 Å². The van der Waals surface area contributed by atoms with E-state index in [0.29, 0.717) is 6.61 Å². The summed E-state index contributed by atoms with van der Waals surface area (Å²) in [4.78, 5) is 0. The van der Waals surface area contributed by atoms with Crippen LogP contribution in [-0.2, 0) is 21.4 Å². The van der Waals surface area contributed by atoms with Gasteiger partial charge in [-0.25, -0.2) is 13.1 Å². The number of rotatable bonds is 8. The Balaban J connectivity index is 2.42. The van der Waals surface area contributed by atoms with Crippen LogP contribution in [0.1, 0.15) is 12.7 Å². The zero-order valence-corrected chi connectivity index (χ0v) is 11.0.